The highest BCUT2D eigenvalue weighted by molar-refractivity contribution is 6.18. The van der Waals surface area contributed by atoms with Crippen molar-refractivity contribution in [2.45, 2.75) is 45.3 Å². The van der Waals surface area contributed by atoms with Gasteiger partial charge in [-0.1, -0.05) is 30.3 Å². The number of benzene rings is 1. The highest BCUT2D eigenvalue weighted by Gasteiger charge is 2.24. The first-order valence-corrected chi connectivity index (χ1v) is 9.27. The average molecular weight is 399 g/mol. The molecule has 0 aliphatic rings. The summed E-state index contributed by atoms with van der Waals surface area (Å²) < 4.78 is 10.1. The summed E-state index contributed by atoms with van der Waals surface area (Å²) in [6.45, 7) is 5.45. The molecule has 27 heavy (non-hydrogen) atoms. The van der Waals surface area contributed by atoms with Crippen molar-refractivity contribution < 1.29 is 23.9 Å². The second-order valence-corrected chi connectivity index (χ2v) is 7.22. The molecule has 8 heteroatoms. The van der Waals surface area contributed by atoms with Crippen molar-refractivity contribution in [2.75, 3.05) is 19.0 Å². The predicted molar refractivity (Wildman–Crippen MR) is 103 cm³/mol. The lowest BCUT2D eigenvalue weighted by atomic mass is 10.1. The molecular formula is C19H27ClN2O5. The molecule has 0 saturated heterocycles. The van der Waals surface area contributed by atoms with Crippen LogP contribution < -0.4 is 10.6 Å². The van der Waals surface area contributed by atoms with Gasteiger partial charge in [-0.25, -0.2) is 4.79 Å². The Bertz CT molecular complexity index is 616. The number of rotatable bonds is 9. The highest BCUT2D eigenvalue weighted by atomic mass is 35.5. The number of nitrogens with one attached hydrogen (secondary N) is 2. The van der Waals surface area contributed by atoms with Crippen molar-refractivity contribution in [3.63, 3.8) is 0 Å². The van der Waals surface area contributed by atoms with Gasteiger partial charge in [0.05, 0.1) is 12.3 Å². The molecule has 0 fully saturated rings. The lowest BCUT2D eigenvalue weighted by Crippen LogP contribution is -2.49. The molecule has 1 rings (SSSR count). The minimum absolute atomic E-state index is 0.0210. The van der Waals surface area contributed by atoms with Crippen molar-refractivity contribution >= 4 is 29.6 Å². The normalized spacial score (nSPS) is 12.0. The molecule has 0 bridgehead atoms. The standard InChI is InChI=1S/C19H27ClN2O5/c1-19(2,3)27-18(25)22-15(13-14-7-5-4-6-8-14)17(24)21-11-9-16(23)26-12-10-20/h4-8,15H,9-13H2,1-3H3,(H,21,24)(H,22,25)/t15-/m0/s1. The smallest absolute Gasteiger partial charge is 0.408 e. The van der Waals surface area contributed by atoms with E-state index in [2.05, 4.69) is 10.6 Å². The summed E-state index contributed by atoms with van der Waals surface area (Å²) in [5, 5.41) is 5.22. The lowest BCUT2D eigenvalue weighted by Gasteiger charge is -2.23. The Morgan fingerprint density at radius 1 is 1.15 bits per heavy atom. The third-order valence-corrected chi connectivity index (χ3v) is 3.41. The summed E-state index contributed by atoms with van der Waals surface area (Å²) in [6.07, 6.45) is -0.365. The lowest BCUT2D eigenvalue weighted by molar-refractivity contribution is -0.142. The third-order valence-electron chi connectivity index (χ3n) is 3.26. The van der Waals surface area contributed by atoms with Crippen molar-refractivity contribution in [1.29, 1.82) is 0 Å². The Hall–Kier alpha value is -2.28. The number of halogens is 1. The minimum Gasteiger partial charge on any atom is -0.464 e. The van der Waals surface area contributed by atoms with E-state index in [0.29, 0.717) is 6.42 Å². The van der Waals surface area contributed by atoms with Crippen molar-refractivity contribution in [2.24, 2.45) is 0 Å². The maximum Gasteiger partial charge on any atom is 0.408 e. The number of carbonyl (C=O) groups is 3. The van der Waals surface area contributed by atoms with E-state index in [9.17, 15) is 14.4 Å². The molecule has 0 aliphatic heterocycles. The fourth-order valence-electron chi connectivity index (χ4n) is 2.14. The van der Waals surface area contributed by atoms with Crippen molar-refractivity contribution in [3.8, 4) is 0 Å². The van der Waals surface area contributed by atoms with Gasteiger partial charge in [-0.15, -0.1) is 11.6 Å². The number of hydrogen-bond donors (Lipinski definition) is 2. The number of carbonyl (C=O) groups excluding carboxylic acids is 3. The van der Waals surface area contributed by atoms with Crippen molar-refractivity contribution in [1.82, 2.24) is 10.6 Å². The number of esters is 1. The van der Waals surface area contributed by atoms with Crippen LogP contribution in [0.3, 0.4) is 0 Å². The molecule has 150 valence electrons. The average Bonchev–Trinajstić information content (AvgIpc) is 2.58. The van der Waals surface area contributed by atoms with Crippen LogP contribution >= 0.6 is 11.6 Å². The highest BCUT2D eigenvalue weighted by Crippen LogP contribution is 2.08. The molecule has 0 saturated carbocycles. The number of alkyl halides is 1. The van der Waals surface area contributed by atoms with E-state index in [1.807, 2.05) is 30.3 Å². The van der Waals surface area contributed by atoms with Gasteiger partial charge in [-0.05, 0) is 26.3 Å². The van der Waals surface area contributed by atoms with Crippen LogP contribution in [0.2, 0.25) is 0 Å². The van der Waals surface area contributed by atoms with E-state index in [4.69, 9.17) is 21.1 Å². The maximum absolute atomic E-state index is 12.5. The molecular weight excluding hydrogens is 372 g/mol. The number of hydrogen-bond acceptors (Lipinski definition) is 5. The maximum atomic E-state index is 12.5. The van der Waals surface area contributed by atoms with Gasteiger partial charge in [-0.3, -0.25) is 9.59 Å². The van der Waals surface area contributed by atoms with Crippen LogP contribution in [0.4, 0.5) is 4.79 Å². The summed E-state index contributed by atoms with van der Waals surface area (Å²) in [4.78, 5) is 36.0. The van der Waals surface area contributed by atoms with Crippen LogP contribution in [-0.2, 0) is 25.5 Å². The molecule has 0 radical (unpaired) electrons. The van der Waals surface area contributed by atoms with E-state index in [1.165, 1.54) is 0 Å². The second-order valence-electron chi connectivity index (χ2n) is 6.84. The topological polar surface area (TPSA) is 93.7 Å². The van der Waals surface area contributed by atoms with Crippen LogP contribution in [0.1, 0.15) is 32.8 Å². The van der Waals surface area contributed by atoms with E-state index in [-0.39, 0.29) is 25.5 Å². The number of alkyl carbamates (subject to hydrolysis) is 1. The molecule has 0 spiro atoms. The van der Waals surface area contributed by atoms with Gasteiger partial charge < -0.3 is 20.1 Å². The fraction of sp³-hybridized carbons (Fsp3) is 0.526. The van der Waals surface area contributed by atoms with Gasteiger partial charge >= 0.3 is 12.1 Å². The van der Waals surface area contributed by atoms with Crippen LogP contribution in [-0.4, -0.2) is 48.6 Å². The van der Waals surface area contributed by atoms with E-state index >= 15 is 0 Å². The Labute approximate surface area is 164 Å². The zero-order valence-electron chi connectivity index (χ0n) is 15.9. The van der Waals surface area contributed by atoms with Gasteiger partial charge in [0.1, 0.15) is 18.2 Å². The van der Waals surface area contributed by atoms with Crippen LogP contribution in [0, 0.1) is 0 Å². The molecule has 1 aromatic rings. The Morgan fingerprint density at radius 3 is 2.41 bits per heavy atom. The van der Waals surface area contributed by atoms with Gasteiger partial charge in [0.15, 0.2) is 0 Å². The summed E-state index contributed by atoms with van der Waals surface area (Å²) in [5.74, 6) is -0.637. The van der Waals surface area contributed by atoms with Crippen LogP contribution in [0.15, 0.2) is 30.3 Å². The van der Waals surface area contributed by atoms with Crippen LogP contribution in [0.25, 0.3) is 0 Å². The quantitative estimate of drug-likeness (QED) is 0.492. The summed E-state index contributed by atoms with van der Waals surface area (Å²) in [5.41, 5.74) is 0.208. The van der Waals surface area contributed by atoms with Gasteiger partial charge in [0.2, 0.25) is 5.91 Å². The third kappa shape index (κ3) is 10.5. The first-order valence-electron chi connectivity index (χ1n) is 8.74. The van der Waals surface area contributed by atoms with Crippen molar-refractivity contribution in [3.05, 3.63) is 35.9 Å². The second kappa shape index (κ2) is 11.4. The van der Waals surface area contributed by atoms with Crippen LogP contribution in [0.5, 0.6) is 0 Å². The molecule has 1 aromatic carbocycles. The SMILES string of the molecule is CC(C)(C)OC(=O)N[C@@H](Cc1ccccc1)C(=O)NCCC(=O)OCCCl. The first kappa shape index (κ1) is 22.8. The molecule has 1 atom stereocenters. The summed E-state index contributed by atoms with van der Waals surface area (Å²) in [6, 6.07) is 8.46. The molecule has 7 nitrogen and oxygen atoms in total. The Balaban J connectivity index is 2.64. The fourth-order valence-corrected chi connectivity index (χ4v) is 2.22. The molecule has 2 amide bonds. The Morgan fingerprint density at radius 2 is 1.81 bits per heavy atom. The molecule has 0 heterocycles. The number of ether oxygens (including phenoxy) is 2. The summed E-state index contributed by atoms with van der Waals surface area (Å²) in [7, 11) is 0. The van der Waals surface area contributed by atoms with Gasteiger partial charge in [-0.2, -0.15) is 0 Å². The molecule has 2 N–H and O–H groups in total. The summed E-state index contributed by atoms with van der Waals surface area (Å²) >= 11 is 5.44. The van der Waals surface area contributed by atoms with Gasteiger partial charge in [0, 0.05) is 13.0 Å². The van der Waals surface area contributed by atoms with E-state index < -0.39 is 29.6 Å². The number of amides is 2. The Kier molecular flexibility index (Phi) is 9.64. The van der Waals surface area contributed by atoms with Gasteiger partial charge in [0.25, 0.3) is 0 Å². The zero-order valence-corrected chi connectivity index (χ0v) is 16.7. The monoisotopic (exact) mass is 398 g/mol. The van der Waals surface area contributed by atoms with E-state index in [1.54, 1.807) is 20.8 Å². The van der Waals surface area contributed by atoms with E-state index in [0.717, 1.165) is 5.56 Å². The predicted octanol–water partition coefficient (Wildman–Crippen LogP) is 2.41. The minimum atomic E-state index is -0.832. The molecule has 0 aromatic heterocycles. The largest absolute Gasteiger partial charge is 0.464 e. The molecule has 0 unspecified atom stereocenters. The molecule has 0 aliphatic carbocycles. The zero-order chi connectivity index (χ0) is 20.3. The first-order chi connectivity index (χ1) is 12.7.